The van der Waals surface area contributed by atoms with Crippen molar-refractivity contribution in [1.82, 2.24) is 5.32 Å². The molecule has 1 aliphatic carbocycles. The van der Waals surface area contributed by atoms with E-state index in [0.29, 0.717) is 5.92 Å². The van der Waals surface area contributed by atoms with Crippen LogP contribution in [0.4, 0.5) is 0 Å². The molecule has 2 unspecified atom stereocenters. The maximum absolute atomic E-state index is 5.31. The SMILES string of the molecule is CNCC1CC(C)Cc2ccc(OC)cc21. The first kappa shape index (κ1) is 11.5. The number of rotatable bonds is 3. The van der Waals surface area contributed by atoms with E-state index in [1.54, 1.807) is 7.11 Å². The number of ether oxygens (including phenoxy) is 1. The van der Waals surface area contributed by atoms with E-state index in [9.17, 15) is 0 Å². The van der Waals surface area contributed by atoms with Gasteiger partial charge in [-0.2, -0.15) is 0 Å². The minimum absolute atomic E-state index is 0.638. The van der Waals surface area contributed by atoms with Crippen LogP contribution in [0.5, 0.6) is 5.75 Å². The van der Waals surface area contributed by atoms with Crippen molar-refractivity contribution in [3.8, 4) is 5.75 Å². The molecule has 0 amide bonds. The molecule has 1 aliphatic rings. The lowest BCUT2D eigenvalue weighted by Crippen LogP contribution is -2.24. The van der Waals surface area contributed by atoms with E-state index in [0.717, 1.165) is 18.2 Å². The summed E-state index contributed by atoms with van der Waals surface area (Å²) in [7, 11) is 3.76. The predicted molar refractivity (Wildman–Crippen MR) is 67.1 cm³/mol. The van der Waals surface area contributed by atoms with Crippen molar-refractivity contribution in [3.63, 3.8) is 0 Å². The quantitative estimate of drug-likeness (QED) is 0.843. The van der Waals surface area contributed by atoms with E-state index in [1.165, 1.54) is 24.0 Å². The number of nitrogens with one attached hydrogen (secondary N) is 1. The van der Waals surface area contributed by atoms with Gasteiger partial charge in [0, 0.05) is 6.54 Å². The summed E-state index contributed by atoms with van der Waals surface area (Å²) in [5.41, 5.74) is 2.98. The van der Waals surface area contributed by atoms with Gasteiger partial charge in [-0.15, -0.1) is 0 Å². The maximum Gasteiger partial charge on any atom is 0.119 e. The summed E-state index contributed by atoms with van der Waals surface area (Å²) in [5, 5.41) is 3.30. The van der Waals surface area contributed by atoms with Gasteiger partial charge in [-0.05, 0) is 55.0 Å². The van der Waals surface area contributed by atoms with Gasteiger partial charge in [-0.25, -0.2) is 0 Å². The fourth-order valence-corrected chi connectivity index (χ4v) is 2.78. The minimum Gasteiger partial charge on any atom is -0.497 e. The van der Waals surface area contributed by atoms with Gasteiger partial charge < -0.3 is 10.1 Å². The summed E-state index contributed by atoms with van der Waals surface area (Å²) in [6.45, 7) is 3.40. The minimum atomic E-state index is 0.638. The Balaban J connectivity index is 2.33. The highest BCUT2D eigenvalue weighted by Crippen LogP contribution is 2.36. The van der Waals surface area contributed by atoms with Crippen molar-refractivity contribution in [1.29, 1.82) is 0 Å². The highest BCUT2D eigenvalue weighted by Gasteiger charge is 2.24. The highest BCUT2D eigenvalue weighted by molar-refractivity contribution is 5.40. The molecule has 16 heavy (non-hydrogen) atoms. The third-order valence-electron chi connectivity index (χ3n) is 3.50. The number of likely N-dealkylation sites (N-methyl/N-ethyl adjacent to an activating group) is 1. The predicted octanol–water partition coefficient (Wildman–Crippen LogP) is 2.58. The third kappa shape index (κ3) is 2.22. The molecule has 0 aliphatic heterocycles. The van der Waals surface area contributed by atoms with Crippen molar-refractivity contribution in [3.05, 3.63) is 29.3 Å². The van der Waals surface area contributed by atoms with Crippen LogP contribution in [0.2, 0.25) is 0 Å². The van der Waals surface area contributed by atoms with Crippen LogP contribution < -0.4 is 10.1 Å². The van der Waals surface area contributed by atoms with E-state index >= 15 is 0 Å². The monoisotopic (exact) mass is 219 g/mol. The van der Waals surface area contributed by atoms with Crippen molar-refractivity contribution >= 4 is 0 Å². The molecule has 88 valence electrons. The van der Waals surface area contributed by atoms with Crippen LogP contribution in [0.25, 0.3) is 0 Å². The molecule has 0 heterocycles. The first-order chi connectivity index (χ1) is 7.74. The summed E-state index contributed by atoms with van der Waals surface area (Å²) in [5.74, 6) is 2.41. The highest BCUT2D eigenvalue weighted by atomic mass is 16.5. The molecule has 0 aromatic heterocycles. The lowest BCUT2D eigenvalue weighted by molar-refractivity contribution is 0.402. The van der Waals surface area contributed by atoms with Crippen LogP contribution in [0.15, 0.2) is 18.2 Å². The van der Waals surface area contributed by atoms with Gasteiger partial charge in [0.15, 0.2) is 0 Å². The second kappa shape index (κ2) is 4.88. The molecule has 1 N–H and O–H groups in total. The number of benzene rings is 1. The smallest absolute Gasteiger partial charge is 0.119 e. The lowest BCUT2D eigenvalue weighted by atomic mass is 9.77. The Bertz CT molecular complexity index is 362. The second-order valence-corrected chi connectivity index (χ2v) is 4.86. The summed E-state index contributed by atoms with van der Waals surface area (Å²) >= 11 is 0. The fourth-order valence-electron chi connectivity index (χ4n) is 2.78. The number of methoxy groups -OCH3 is 1. The van der Waals surface area contributed by atoms with Crippen molar-refractivity contribution in [2.75, 3.05) is 20.7 Å². The van der Waals surface area contributed by atoms with Crippen LogP contribution >= 0.6 is 0 Å². The molecule has 2 nitrogen and oxygen atoms in total. The van der Waals surface area contributed by atoms with Gasteiger partial charge in [-0.1, -0.05) is 13.0 Å². The summed E-state index contributed by atoms with van der Waals surface area (Å²) < 4.78 is 5.31. The molecule has 0 radical (unpaired) electrons. The van der Waals surface area contributed by atoms with Crippen molar-refractivity contribution < 1.29 is 4.74 Å². The molecule has 2 rings (SSSR count). The zero-order chi connectivity index (χ0) is 11.5. The summed E-state index contributed by atoms with van der Waals surface area (Å²) in [6.07, 6.45) is 2.49. The van der Waals surface area contributed by atoms with E-state index in [-0.39, 0.29) is 0 Å². The van der Waals surface area contributed by atoms with Crippen molar-refractivity contribution in [2.24, 2.45) is 5.92 Å². The molecule has 0 saturated heterocycles. The second-order valence-electron chi connectivity index (χ2n) is 4.86. The van der Waals surface area contributed by atoms with E-state index in [4.69, 9.17) is 4.74 Å². The van der Waals surface area contributed by atoms with E-state index in [1.807, 2.05) is 7.05 Å². The fraction of sp³-hybridized carbons (Fsp3) is 0.571. The molecule has 1 aromatic carbocycles. The van der Waals surface area contributed by atoms with E-state index in [2.05, 4.69) is 30.4 Å². The van der Waals surface area contributed by atoms with Gasteiger partial charge in [0.05, 0.1) is 7.11 Å². The lowest BCUT2D eigenvalue weighted by Gasteiger charge is -2.30. The normalized spacial score (nSPS) is 23.9. The van der Waals surface area contributed by atoms with Crippen LogP contribution in [-0.4, -0.2) is 20.7 Å². The van der Waals surface area contributed by atoms with Gasteiger partial charge >= 0.3 is 0 Å². The first-order valence-corrected chi connectivity index (χ1v) is 6.06. The van der Waals surface area contributed by atoms with Gasteiger partial charge in [0.25, 0.3) is 0 Å². The average Bonchev–Trinajstić information content (AvgIpc) is 2.29. The van der Waals surface area contributed by atoms with Crippen LogP contribution in [0.1, 0.15) is 30.4 Å². The molecule has 1 aromatic rings. The Hall–Kier alpha value is -1.02. The molecule has 0 fully saturated rings. The topological polar surface area (TPSA) is 21.3 Å². The number of fused-ring (bicyclic) bond motifs is 1. The molecule has 2 heteroatoms. The Kier molecular flexibility index (Phi) is 3.49. The van der Waals surface area contributed by atoms with Gasteiger partial charge in [0.2, 0.25) is 0 Å². The van der Waals surface area contributed by atoms with E-state index < -0.39 is 0 Å². The average molecular weight is 219 g/mol. The number of hydrogen-bond acceptors (Lipinski definition) is 2. The zero-order valence-electron chi connectivity index (χ0n) is 10.4. The maximum atomic E-state index is 5.31. The Morgan fingerprint density at radius 2 is 2.25 bits per heavy atom. The zero-order valence-corrected chi connectivity index (χ0v) is 10.4. The molecular formula is C14H21NO. The van der Waals surface area contributed by atoms with Gasteiger partial charge in [-0.3, -0.25) is 0 Å². The summed E-state index contributed by atoms with van der Waals surface area (Å²) in [4.78, 5) is 0. The third-order valence-corrected chi connectivity index (χ3v) is 3.50. The first-order valence-electron chi connectivity index (χ1n) is 6.06. The molecule has 0 saturated carbocycles. The van der Waals surface area contributed by atoms with Gasteiger partial charge in [0.1, 0.15) is 5.75 Å². The van der Waals surface area contributed by atoms with Crippen molar-refractivity contribution in [2.45, 2.75) is 25.7 Å². The standard InChI is InChI=1S/C14H21NO/c1-10-6-11-4-5-13(16-3)8-14(11)12(7-10)9-15-2/h4-5,8,10,12,15H,6-7,9H2,1-3H3. The molecular weight excluding hydrogens is 198 g/mol. The molecule has 2 atom stereocenters. The summed E-state index contributed by atoms with van der Waals surface area (Å²) in [6, 6.07) is 6.52. The van der Waals surface area contributed by atoms with Crippen LogP contribution in [0.3, 0.4) is 0 Å². The van der Waals surface area contributed by atoms with Crippen LogP contribution in [0, 0.1) is 5.92 Å². The molecule has 0 spiro atoms. The Labute approximate surface area is 98.0 Å². The number of hydrogen-bond donors (Lipinski definition) is 1. The Morgan fingerprint density at radius 3 is 2.94 bits per heavy atom. The Morgan fingerprint density at radius 1 is 1.44 bits per heavy atom. The molecule has 0 bridgehead atoms. The van der Waals surface area contributed by atoms with Crippen LogP contribution in [-0.2, 0) is 6.42 Å². The largest absolute Gasteiger partial charge is 0.497 e.